The van der Waals surface area contributed by atoms with E-state index in [1.165, 1.54) is 10.8 Å². The number of benzene rings is 6. The summed E-state index contributed by atoms with van der Waals surface area (Å²) in [5.74, 6) is 0.507. The topological polar surface area (TPSA) is 72.3 Å². The van der Waals surface area contributed by atoms with Gasteiger partial charge in [-0.3, -0.25) is 4.57 Å². The molecule has 0 atom stereocenters. The number of nitrogens with zero attached hydrogens (tertiary/aromatic N) is 6. The van der Waals surface area contributed by atoms with Crippen LogP contribution < -0.4 is 0 Å². The summed E-state index contributed by atoms with van der Waals surface area (Å²) < 4.78 is 4.64. The Morgan fingerprint density at radius 2 is 1.19 bits per heavy atom. The summed E-state index contributed by atoms with van der Waals surface area (Å²) >= 11 is 0. The fourth-order valence-electron chi connectivity index (χ4n) is 7.54. The van der Waals surface area contributed by atoms with Crippen molar-refractivity contribution in [2.75, 3.05) is 0 Å². The smallest absolute Gasteiger partial charge is 0.161 e. The minimum absolute atomic E-state index is 0.507. The molecule has 0 aliphatic carbocycles. The minimum Gasteiger partial charge on any atom is -0.309 e. The van der Waals surface area contributed by atoms with Crippen LogP contribution in [0, 0.1) is 11.3 Å². The number of para-hydroxylation sites is 2. The normalized spacial score (nSPS) is 11.4. The van der Waals surface area contributed by atoms with Gasteiger partial charge in [-0.1, -0.05) is 97.1 Å². The molecule has 0 fully saturated rings. The van der Waals surface area contributed by atoms with Gasteiger partial charge >= 0.3 is 0 Å². The van der Waals surface area contributed by atoms with Crippen LogP contribution in [0.5, 0.6) is 0 Å². The molecule has 0 amide bonds. The highest BCUT2D eigenvalue weighted by molar-refractivity contribution is 6.25. The average Bonchev–Trinajstić information content (AvgIpc) is 3.74. The summed E-state index contributed by atoms with van der Waals surface area (Å²) in [6.45, 7) is 0. The third kappa shape index (κ3) is 4.61. The maximum atomic E-state index is 9.96. The van der Waals surface area contributed by atoms with Crippen LogP contribution in [0.4, 0.5) is 0 Å². The maximum absolute atomic E-state index is 9.96. The molecule has 0 spiro atoms. The van der Waals surface area contributed by atoms with Crippen LogP contribution in [-0.2, 0) is 0 Å². The lowest BCUT2D eigenvalue weighted by atomic mass is 10.0. The van der Waals surface area contributed by atoms with Crippen LogP contribution >= 0.6 is 0 Å². The second kappa shape index (κ2) is 11.9. The predicted octanol–water partition coefficient (Wildman–Crippen LogP) is 10.9. The van der Waals surface area contributed by atoms with Gasteiger partial charge in [0.1, 0.15) is 5.65 Å². The highest BCUT2D eigenvalue weighted by atomic mass is 15.1. The molecule has 0 N–H and O–H groups in total. The van der Waals surface area contributed by atoms with Crippen molar-refractivity contribution in [3.8, 4) is 51.3 Å². The summed E-state index contributed by atoms with van der Waals surface area (Å²) in [5, 5.41) is 14.5. The Labute approximate surface area is 299 Å². The molecule has 6 aromatic carbocycles. The van der Waals surface area contributed by atoms with Crippen LogP contribution in [0.2, 0.25) is 0 Å². The van der Waals surface area contributed by atoms with Crippen molar-refractivity contribution in [2.24, 2.45) is 0 Å². The van der Waals surface area contributed by atoms with E-state index in [2.05, 4.69) is 112 Å². The quantitative estimate of drug-likeness (QED) is 0.184. The molecule has 0 saturated carbocycles. The van der Waals surface area contributed by atoms with Gasteiger partial charge in [0, 0.05) is 55.8 Å². The molecule has 242 valence electrons. The number of hydrogen-bond donors (Lipinski definition) is 0. The Morgan fingerprint density at radius 1 is 0.500 bits per heavy atom. The molecule has 4 heterocycles. The fraction of sp³-hybridized carbons (Fsp3) is 0. The van der Waals surface area contributed by atoms with E-state index in [0.29, 0.717) is 17.0 Å². The van der Waals surface area contributed by atoms with E-state index >= 15 is 0 Å². The first-order valence-electron chi connectivity index (χ1n) is 17.2. The summed E-state index contributed by atoms with van der Waals surface area (Å²) in [5.41, 5.74) is 11.0. The molecule has 6 heteroatoms. The van der Waals surface area contributed by atoms with E-state index in [-0.39, 0.29) is 0 Å². The van der Waals surface area contributed by atoms with Crippen LogP contribution in [0.15, 0.2) is 170 Å². The molecule has 10 rings (SSSR count). The number of fused-ring (bicyclic) bond motifs is 7. The molecule has 0 aliphatic heterocycles. The fourth-order valence-corrected chi connectivity index (χ4v) is 7.54. The highest BCUT2D eigenvalue weighted by Crippen LogP contribution is 2.42. The van der Waals surface area contributed by atoms with Crippen molar-refractivity contribution in [1.82, 2.24) is 24.1 Å². The van der Waals surface area contributed by atoms with Crippen molar-refractivity contribution in [3.63, 3.8) is 0 Å². The van der Waals surface area contributed by atoms with Crippen LogP contribution in [-0.4, -0.2) is 24.1 Å². The third-order valence-electron chi connectivity index (χ3n) is 9.82. The van der Waals surface area contributed by atoms with Gasteiger partial charge in [-0.15, -0.1) is 0 Å². The van der Waals surface area contributed by atoms with Crippen molar-refractivity contribution >= 4 is 43.7 Å². The van der Waals surface area contributed by atoms with Crippen LogP contribution in [0.1, 0.15) is 5.56 Å². The van der Waals surface area contributed by atoms with Crippen molar-refractivity contribution in [2.45, 2.75) is 0 Å². The number of hydrogen-bond acceptors (Lipinski definition) is 4. The van der Waals surface area contributed by atoms with E-state index in [9.17, 15) is 5.26 Å². The number of rotatable bonds is 5. The van der Waals surface area contributed by atoms with Gasteiger partial charge in [-0.25, -0.2) is 15.0 Å². The molecular formula is C46H28N6. The van der Waals surface area contributed by atoms with E-state index in [1.54, 1.807) is 6.07 Å². The van der Waals surface area contributed by atoms with Gasteiger partial charge in [0.15, 0.2) is 5.82 Å². The Hall–Kier alpha value is -7.36. The third-order valence-corrected chi connectivity index (χ3v) is 9.82. The predicted molar refractivity (Wildman–Crippen MR) is 210 cm³/mol. The van der Waals surface area contributed by atoms with Gasteiger partial charge in [0.25, 0.3) is 0 Å². The molecule has 0 bridgehead atoms. The van der Waals surface area contributed by atoms with E-state index < -0.39 is 0 Å². The van der Waals surface area contributed by atoms with Gasteiger partial charge < -0.3 is 4.57 Å². The van der Waals surface area contributed by atoms with Gasteiger partial charge in [-0.2, -0.15) is 5.26 Å². The Kier molecular flexibility index (Phi) is 6.76. The van der Waals surface area contributed by atoms with Crippen molar-refractivity contribution in [3.05, 3.63) is 176 Å². The molecule has 0 unspecified atom stereocenters. The van der Waals surface area contributed by atoms with Crippen LogP contribution in [0.25, 0.3) is 89.0 Å². The first-order chi connectivity index (χ1) is 25.8. The first kappa shape index (κ1) is 29.5. The zero-order valence-electron chi connectivity index (χ0n) is 27.8. The molecule has 0 aliphatic rings. The number of nitriles is 1. The Morgan fingerprint density at radius 3 is 2.04 bits per heavy atom. The summed E-state index contributed by atoms with van der Waals surface area (Å²) in [4.78, 5) is 15.0. The average molecular weight is 665 g/mol. The zero-order valence-corrected chi connectivity index (χ0v) is 27.8. The molecule has 6 nitrogen and oxygen atoms in total. The van der Waals surface area contributed by atoms with Crippen molar-refractivity contribution in [1.29, 1.82) is 5.26 Å². The highest BCUT2D eigenvalue weighted by Gasteiger charge is 2.22. The van der Waals surface area contributed by atoms with E-state index in [4.69, 9.17) is 15.0 Å². The second-order valence-corrected chi connectivity index (χ2v) is 12.8. The minimum atomic E-state index is 0.507. The van der Waals surface area contributed by atoms with E-state index in [1.807, 2.05) is 66.9 Å². The lowest BCUT2D eigenvalue weighted by Crippen LogP contribution is -1.99. The van der Waals surface area contributed by atoms with Gasteiger partial charge in [0.2, 0.25) is 0 Å². The molecule has 10 aromatic rings. The Balaban J connectivity index is 1.25. The zero-order chi connectivity index (χ0) is 34.6. The van der Waals surface area contributed by atoms with Gasteiger partial charge in [0.05, 0.1) is 39.6 Å². The van der Waals surface area contributed by atoms with Gasteiger partial charge in [-0.05, 0) is 66.7 Å². The van der Waals surface area contributed by atoms with Crippen LogP contribution in [0.3, 0.4) is 0 Å². The largest absolute Gasteiger partial charge is 0.309 e. The monoisotopic (exact) mass is 664 g/mol. The summed E-state index contributed by atoms with van der Waals surface area (Å²) in [6, 6.07) is 58.2. The molecule has 4 aromatic heterocycles. The summed E-state index contributed by atoms with van der Waals surface area (Å²) in [6.07, 6.45) is 1.86. The lowest BCUT2D eigenvalue weighted by molar-refractivity contribution is 1.13. The number of pyridine rings is 1. The standard InChI is InChI=1S/C46H28N6/c47-29-32-15-7-8-20-35(32)45-49-39(30-13-3-1-4-14-30)28-40(50-45)31-16-11-19-34(27-31)52-44-36(37-22-12-26-48-46(37)52)24-25-42-43(44)38-21-9-10-23-41(38)51(42)33-17-5-2-6-18-33/h1-28H. The first-order valence-corrected chi connectivity index (χ1v) is 17.2. The Bertz CT molecular complexity index is 3020. The molecule has 0 saturated heterocycles. The molecular weight excluding hydrogens is 637 g/mol. The number of aromatic nitrogens is 5. The molecule has 0 radical (unpaired) electrons. The lowest BCUT2D eigenvalue weighted by Gasteiger charge is -2.13. The SMILES string of the molecule is N#Cc1ccccc1-c1nc(-c2ccccc2)cc(-c2cccc(-n3c4ncccc4c4ccc5c(c6ccccc6n5-c5ccccc5)c43)c2)n1. The van der Waals surface area contributed by atoms with Crippen molar-refractivity contribution < 1.29 is 0 Å². The molecule has 52 heavy (non-hydrogen) atoms. The second-order valence-electron chi connectivity index (χ2n) is 12.8. The maximum Gasteiger partial charge on any atom is 0.161 e. The summed E-state index contributed by atoms with van der Waals surface area (Å²) in [7, 11) is 0. The van der Waals surface area contributed by atoms with E-state index in [0.717, 1.165) is 66.9 Å².